The van der Waals surface area contributed by atoms with E-state index < -0.39 is 15.2 Å². The van der Waals surface area contributed by atoms with Gasteiger partial charge in [0, 0.05) is 83.2 Å². The third-order valence-electron chi connectivity index (χ3n) is 10.1. The number of aromatic nitrogens is 3. The molecule has 0 radical (unpaired) electrons. The van der Waals surface area contributed by atoms with Crippen molar-refractivity contribution in [2.45, 2.75) is 64.6 Å². The summed E-state index contributed by atoms with van der Waals surface area (Å²) in [5, 5.41) is 12.2. The highest BCUT2D eigenvalue weighted by atomic mass is 31.2. The average Bonchev–Trinajstić information content (AvgIpc) is 3.52. The summed E-state index contributed by atoms with van der Waals surface area (Å²) < 4.78 is 27.4. The first kappa shape index (κ1) is 37.3. The van der Waals surface area contributed by atoms with Gasteiger partial charge in [0.25, 0.3) is 0 Å². The van der Waals surface area contributed by atoms with E-state index >= 15 is 0 Å². The first-order chi connectivity index (χ1) is 24.4. The summed E-state index contributed by atoms with van der Waals surface area (Å²) in [4.78, 5) is 15.2. The predicted octanol–water partition coefficient (Wildman–Crippen LogP) is 6.92. The first-order valence-corrected chi connectivity index (χ1v) is 24.8. The van der Waals surface area contributed by atoms with Gasteiger partial charge in [-0.15, -0.1) is 0 Å². The number of fused-ring (bicyclic) bond motifs is 1. The summed E-state index contributed by atoms with van der Waals surface area (Å²) in [6.07, 6.45) is 5.23. The van der Waals surface area contributed by atoms with E-state index in [2.05, 4.69) is 64.4 Å². The quantitative estimate of drug-likeness (QED) is 0.0718. The largest absolute Gasteiger partial charge is 0.494 e. The summed E-state index contributed by atoms with van der Waals surface area (Å²) in [7, 11) is -2.07. The smallest absolute Gasteiger partial charge is 0.231 e. The van der Waals surface area contributed by atoms with E-state index in [0.29, 0.717) is 31.1 Å². The van der Waals surface area contributed by atoms with E-state index in [0.717, 1.165) is 85.2 Å². The van der Waals surface area contributed by atoms with Gasteiger partial charge in [0.2, 0.25) is 5.95 Å². The van der Waals surface area contributed by atoms with Crippen molar-refractivity contribution in [2.24, 2.45) is 0 Å². The minimum atomic E-state index is -2.56. The molecular weight excluding hydrogens is 676 g/mol. The van der Waals surface area contributed by atoms with Gasteiger partial charge >= 0.3 is 0 Å². The Hall–Kier alpha value is -3.41. The van der Waals surface area contributed by atoms with Gasteiger partial charge in [0.05, 0.1) is 23.9 Å². The zero-order valence-electron chi connectivity index (χ0n) is 31.6. The molecule has 2 aliphatic heterocycles. The lowest BCUT2D eigenvalue weighted by Gasteiger charge is -2.41. The Labute approximate surface area is 304 Å². The van der Waals surface area contributed by atoms with Crippen LogP contribution in [0.1, 0.15) is 25.3 Å². The van der Waals surface area contributed by atoms with Gasteiger partial charge in [-0.3, -0.25) is 4.90 Å². The maximum absolute atomic E-state index is 13.3. The highest BCUT2D eigenvalue weighted by Crippen LogP contribution is 2.40. The number of para-hydroxylation sites is 1. The Morgan fingerprint density at radius 2 is 1.73 bits per heavy atom. The molecule has 0 saturated carbocycles. The van der Waals surface area contributed by atoms with E-state index in [-0.39, 0.29) is 0 Å². The maximum Gasteiger partial charge on any atom is 0.231 e. The predicted molar refractivity (Wildman–Crippen MR) is 216 cm³/mol. The number of anilines is 5. The molecule has 4 aromatic rings. The molecule has 0 unspecified atom stereocenters. The van der Waals surface area contributed by atoms with Gasteiger partial charge in [-0.05, 0) is 68.5 Å². The molecule has 2 aromatic heterocycles. The van der Waals surface area contributed by atoms with E-state index in [1.165, 1.54) is 24.1 Å². The lowest BCUT2D eigenvalue weighted by atomic mass is 9.99. The molecule has 13 heteroatoms. The van der Waals surface area contributed by atoms with Crippen LogP contribution in [0.4, 0.5) is 28.8 Å². The first-order valence-electron chi connectivity index (χ1n) is 18.5. The second kappa shape index (κ2) is 16.1. The van der Waals surface area contributed by atoms with Gasteiger partial charge in [-0.1, -0.05) is 38.7 Å². The molecule has 0 aliphatic carbocycles. The van der Waals surface area contributed by atoms with Gasteiger partial charge in [0.1, 0.15) is 31.1 Å². The van der Waals surface area contributed by atoms with Crippen molar-refractivity contribution >= 4 is 60.4 Å². The third-order valence-corrected chi connectivity index (χ3v) is 13.3. The molecule has 0 atom stereocenters. The standard InChI is InChI=1S/C38H57N8O3PSi/c1-8-28-25-32(34(48-2)26-33(28)45-18-13-29(14-19-45)44-21-16-39-17-22-44)41-38-42-36(40-31-11-9-10-12-35(31)50(3,4)47)30-15-20-46(37(30)43-38)27-49-23-24-51(5,6)7/h9-12,15,20,25-26,29,39H,8,13-14,16-19,21-24,27H2,1-7H3,(H2,40,41,42,43). The zero-order valence-corrected chi connectivity index (χ0v) is 33.5. The van der Waals surface area contributed by atoms with Gasteiger partial charge in [-0.25, -0.2) is 0 Å². The Morgan fingerprint density at radius 3 is 2.41 bits per heavy atom. The fourth-order valence-corrected chi connectivity index (χ4v) is 9.05. The molecule has 3 N–H and O–H groups in total. The molecule has 2 saturated heterocycles. The summed E-state index contributed by atoms with van der Waals surface area (Å²) in [6, 6.07) is 15.9. The highest BCUT2D eigenvalue weighted by molar-refractivity contribution is 7.70. The molecule has 6 rings (SSSR count). The maximum atomic E-state index is 13.3. The van der Waals surface area contributed by atoms with Crippen molar-refractivity contribution in [3.05, 3.63) is 54.2 Å². The minimum absolute atomic E-state index is 0.392. The summed E-state index contributed by atoms with van der Waals surface area (Å²) in [6.45, 7) is 20.5. The van der Waals surface area contributed by atoms with Crippen LogP contribution in [0, 0.1) is 0 Å². The Morgan fingerprint density at radius 1 is 0.980 bits per heavy atom. The second-order valence-electron chi connectivity index (χ2n) is 15.4. The lowest BCUT2D eigenvalue weighted by Crippen LogP contribution is -2.52. The lowest BCUT2D eigenvalue weighted by molar-refractivity contribution is 0.0899. The Bertz CT molecular complexity index is 1840. The van der Waals surface area contributed by atoms with Crippen LogP contribution < -0.4 is 30.9 Å². The van der Waals surface area contributed by atoms with Crippen molar-refractivity contribution in [2.75, 3.05) is 81.8 Å². The molecule has 0 amide bonds. The molecular formula is C38H57N8O3PSi. The molecule has 4 heterocycles. The molecule has 11 nitrogen and oxygen atoms in total. The van der Waals surface area contributed by atoms with Crippen LogP contribution in [-0.4, -0.2) is 99.9 Å². The minimum Gasteiger partial charge on any atom is -0.494 e. The molecule has 2 fully saturated rings. The molecule has 2 aliphatic rings. The van der Waals surface area contributed by atoms with Gasteiger partial charge in [0.15, 0.2) is 0 Å². The number of piperidine rings is 1. The summed E-state index contributed by atoms with van der Waals surface area (Å²) >= 11 is 0. The van der Waals surface area contributed by atoms with Crippen molar-refractivity contribution in [1.82, 2.24) is 24.8 Å². The number of nitrogens with one attached hydrogen (secondary N) is 3. The number of aryl methyl sites for hydroxylation is 1. The third kappa shape index (κ3) is 9.15. The van der Waals surface area contributed by atoms with E-state index in [9.17, 15) is 4.57 Å². The highest BCUT2D eigenvalue weighted by Gasteiger charge is 2.27. The number of benzene rings is 2. The van der Waals surface area contributed by atoms with E-state index in [4.69, 9.17) is 19.4 Å². The van der Waals surface area contributed by atoms with Crippen molar-refractivity contribution < 1.29 is 14.0 Å². The number of nitrogens with zero attached hydrogens (tertiary/aromatic N) is 5. The molecule has 276 valence electrons. The SMILES string of the molecule is CCc1cc(Nc2nc(Nc3ccccc3P(C)(C)=O)c3ccn(COCC[Si](C)(C)C)c3n2)c(OC)cc1N1CCC(N2CCNCC2)CC1. The number of hydrogen-bond donors (Lipinski definition) is 3. The van der Waals surface area contributed by atoms with E-state index in [1.54, 1.807) is 20.4 Å². The monoisotopic (exact) mass is 732 g/mol. The fourth-order valence-electron chi connectivity index (χ4n) is 7.14. The van der Waals surface area contributed by atoms with Crippen LogP contribution in [0.3, 0.4) is 0 Å². The van der Waals surface area contributed by atoms with Crippen LogP contribution in [0.25, 0.3) is 11.0 Å². The molecule has 0 spiro atoms. The second-order valence-corrected chi connectivity index (χ2v) is 24.2. The van der Waals surface area contributed by atoms with Crippen molar-refractivity contribution in [3.63, 3.8) is 0 Å². The molecule has 2 aromatic carbocycles. The average molecular weight is 733 g/mol. The molecule has 0 bridgehead atoms. The number of hydrogen-bond acceptors (Lipinski definition) is 10. The fraction of sp³-hybridized carbons (Fsp3) is 0.526. The van der Waals surface area contributed by atoms with E-state index in [1.807, 2.05) is 41.1 Å². The van der Waals surface area contributed by atoms with Gasteiger partial charge < -0.3 is 39.5 Å². The number of methoxy groups -OCH3 is 1. The van der Waals surface area contributed by atoms with Crippen LogP contribution in [0.2, 0.25) is 25.7 Å². The zero-order chi connectivity index (χ0) is 36.2. The number of rotatable bonds is 14. The Balaban J connectivity index is 1.30. The van der Waals surface area contributed by atoms with Crippen LogP contribution >= 0.6 is 7.14 Å². The topological polar surface area (TPSA) is 109 Å². The summed E-state index contributed by atoms with van der Waals surface area (Å²) in [5.41, 5.74) is 4.83. The molecule has 51 heavy (non-hydrogen) atoms. The van der Waals surface area contributed by atoms with Crippen LogP contribution in [0.5, 0.6) is 5.75 Å². The van der Waals surface area contributed by atoms with Crippen LogP contribution in [0.15, 0.2) is 48.7 Å². The van der Waals surface area contributed by atoms with Gasteiger partial charge in [-0.2, -0.15) is 9.97 Å². The summed E-state index contributed by atoms with van der Waals surface area (Å²) in [5.74, 6) is 1.81. The number of ether oxygens (including phenoxy) is 2. The van der Waals surface area contributed by atoms with Crippen molar-refractivity contribution in [1.29, 1.82) is 0 Å². The van der Waals surface area contributed by atoms with Crippen LogP contribution in [-0.2, 0) is 22.5 Å². The van der Waals surface area contributed by atoms with Crippen molar-refractivity contribution in [3.8, 4) is 5.75 Å². The Kier molecular flexibility index (Phi) is 11.8. The number of piperazine rings is 1. The normalized spacial score (nSPS) is 16.5.